The van der Waals surface area contributed by atoms with Crippen LogP contribution < -0.4 is 5.73 Å². The summed E-state index contributed by atoms with van der Waals surface area (Å²) in [4.78, 5) is 3.31. The van der Waals surface area contributed by atoms with Crippen molar-refractivity contribution in [3.63, 3.8) is 0 Å². The van der Waals surface area contributed by atoms with E-state index in [-0.39, 0.29) is 0 Å². The molecule has 0 amide bonds. The molecular formula is C14H17N3O2S. The summed E-state index contributed by atoms with van der Waals surface area (Å²) >= 11 is 0. The Morgan fingerprint density at radius 3 is 2.90 bits per heavy atom. The van der Waals surface area contributed by atoms with Gasteiger partial charge in [0.15, 0.2) is 0 Å². The normalized spacial score (nSPS) is 17.4. The third-order valence-corrected chi connectivity index (χ3v) is 5.47. The molecule has 0 aliphatic carbocycles. The maximum absolute atomic E-state index is 12.7. The second-order valence-corrected chi connectivity index (χ2v) is 7.04. The van der Waals surface area contributed by atoms with Gasteiger partial charge in [0.1, 0.15) is 4.90 Å². The Hall–Kier alpha value is -1.79. The number of H-pyrrole nitrogens is 1. The molecule has 6 heteroatoms. The molecule has 3 rings (SSSR count). The first-order valence-electron chi connectivity index (χ1n) is 6.51. The van der Waals surface area contributed by atoms with Gasteiger partial charge in [-0.05, 0) is 31.5 Å². The number of hydrogen-bond donors (Lipinski definition) is 2. The van der Waals surface area contributed by atoms with Gasteiger partial charge in [-0.3, -0.25) is 0 Å². The van der Waals surface area contributed by atoms with Gasteiger partial charge in [0.25, 0.3) is 0 Å². The van der Waals surface area contributed by atoms with E-state index in [4.69, 9.17) is 5.73 Å². The molecule has 5 nitrogen and oxygen atoms in total. The Balaban J connectivity index is 2.08. The van der Waals surface area contributed by atoms with Gasteiger partial charge in [-0.25, -0.2) is 8.42 Å². The Labute approximate surface area is 118 Å². The van der Waals surface area contributed by atoms with Crippen LogP contribution in [0.15, 0.2) is 40.9 Å². The van der Waals surface area contributed by atoms with E-state index in [2.05, 4.69) is 11.1 Å². The summed E-state index contributed by atoms with van der Waals surface area (Å²) in [5.41, 5.74) is 8.16. The van der Waals surface area contributed by atoms with Crippen molar-refractivity contribution < 1.29 is 8.42 Å². The average Bonchev–Trinajstić information content (AvgIpc) is 2.82. The maximum atomic E-state index is 12.7. The van der Waals surface area contributed by atoms with Gasteiger partial charge >= 0.3 is 0 Å². The highest BCUT2D eigenvalue weighted by atomic mass is 32.2. The molecule has 0 atom stereocenters. The van der Waals surface area contributed by atoms with Crippen LogP contribution >= 0.6 is 0 Å². The second kappa shape index (κ2) is 4.64. The zero-order valence-corrected chi connectivity index (χ0v) is 12.1. The van der Waals surface area contributed by atoms with E-state index < -0.39 is 10.0 Å². The number of nitrogens with zero attached hydrogens (tertiary/aromatic N) is 1. The van der Waals surface area contributed by atoms with Crippen LogP contribution in [0.3, 0.4) is 0 Å². The molecule has 0 unspecified atom stereocenters. The molecule has 0 saturated heterocycles. The fraction of sp³-hybridized carbons (Fsp3) is 0.286. The predicted molar refractivity (Wildman–Crippen MR) is 79.8 cm³/mol. The van der Waals surface area contributed by atoms with Crippen LogP contribution in [0, 0.1) is 0 Å². The van der Waals surface area contributed by atoms with Crippen molar-refractivity contribution in [2.75, 3.05) is 18.8 Å². The summed E-state index contributed by atoms with van der Waals surface area (Å²) in [6.45, 7) is 2.95. The number of anilines is 1. The lowest BCUT2D eigenvalue weighted by Crippen LogP contribution is -2.35. The second-order valence-electron chi connectivity index (χ2n) is 5.14. The van der Waals surface area contributed by atoms with Gasteiger partial charge in [0.05, 0.1) is 0 Å². The van der Waals surface area contributed by atoms with Crippen LogP contribution in [-0.4, -0.2) is 30.8 Å². The monoisotopic (exact) mass is 291 g/mol. The fourth-order valence-corrected chi connectivity index (χ4v) is 4.21. The molecule has 2 heterocycles. The smallest absolute Gasteiger partial charge is 0.245 e. The molecule has 1 aliphatic heterocycles. The van der Waals surface area contributed by atoms with E-state index in [0.29, 0.717) is 29.1 Å². The van der Waals surface area contributed by atoms with E-state index in [1.54, 1.807) is 24.4 Å². The first-order valence-corrected chi connectivity index (χ1v) is 7.95. The largest absolute Gasteiger partial charge is 0.399 e. The van der Waals surface area contributed by atoms with Crippen molar-refractivity contribution in [3.8, 4) is 0 Å². The standard InChI is InChI=1S/C14H17N3O2S/c1-10-3-2-6-17(9-10)20(18,19)14-8-16-13-7-11(15)4-5-12(13)14/h3-5,7-8,16H,2,6,9,15H2,1H3. The average molecular weight is 291 g/mol. The van der Waals surface area contributed by atoms with Crippen molar-refractivity contribution in [1.82, 2.24) is 9.29 Å². The molecule has 0 spiro atoms. The van der Waals surface area contributed by atoms with Gasteiger partial charge in [0, 0.05) is 35.9 Å². The van der Waals surface area contributed by atoms with Gasteiger partial charge < -0.3 is 10.7 Å². The number of rotatable bonds is 2. The number of benzene rings is 1. The lowest BCUT2D eigenvalue weighted by molar-refractivity contribution is 0.428. The maximum Gasteiger partial charge on any atom is 0.245 e. The zero-order chi connectivity index (χ0) is 14.3. The predicted octanol–water partition coefficient (Wildman–Crippen LogP) is 2.09. The van der Waals surface area contributed by atoms with Crippen LogP contribution in [0.1, 0.15) is 13.3 Å². The van der Waals surface area contributed by atoms with Crippen molar-refractivity contribution in [3.05, 3.63) is 36.0 Å². The summed E-state index contributed by atoms with van der Waals surface area (Å²) in [6.07, 6.45) is 4.40. The van der Waals surface area contributed by atoms with Crippen molar-refractivity contribution in [2.24, 2.45) is 0 Å². The number of nitrogens with one attached hydrogen (secondary N) is 1. The molecule has 0 bridgehead atoms. The third-order valence-electron chi connectivity index (χ3n) is 3.58. The number of aromatic amines is 1. The van der Waals surface area contributed by atoms with E-state index in [9.17, 15) is 8.42 Å². The molecule has 0 fully saturated rings. The van der Waals surface area contributed by atoms with Crippen LogP contribution in [-0.2, 0) is 10.0 Å². The highest BCUT2D eigenvalue weighted by molar-refractivity contribution is 7.89. The van der Waals surface area contributed by atoms with E-state index in [0.717, 1.165) is 17.5 Å². The molecule has 3 N–H and O–H groups in total. The van der Waals surface area contributed by atoms with E-state index in [1.165, 1.54) is 4.31 Å². The van der Waals surface area contributed by atoms with Gasteiger partial charge in [-0.15, -0.1) is 0 Å². The molecule has 0 saturated carbocycles. The summed E-state index contributed by atoms with van der Waals surface area (Å²) < 4.78 is 27.0. The van der Waals surface area contributed by atoms with Crippen LogP contribution in [0.2, 0.25) is 0 Å². The van der Waals surface area contributed by atoms with Crippen LogP contribution in [0.4, 0.5) is 5.69 Å². The summed E-state index contributed by atoms with van der Waals surface area (Å²) in [6, 6.07) is 5.22. The number of hydrogen-bond acceptors (Lipinski definition) is 3. The minimum atomic E-state index is -3.47. The van der Waals surface area contributed by atoms with E-state index in [1.807, 2.05) is 6.92 Å². The molecule has 106 valence electrons. The molecular weight excluding hydrogens is 274 g/mol. The number of fused-ring (bicyclic) bond motifs is 1. The minimum absolute atomic E-state index is 0.321. The molecule has 1 aromatic heterocycles. The van der Waals surface area contributed by atoms with Gasteiger partial charge in [0.2, 0.25) is 10.0 Å². The number of sulfonamides is 1. The number of aromatic nitrogens is 1. The Morgan fingerprint density at radius 1 is 1.35 bits per heavy atom. The first kappa shape index (κ1) is 13.2. The minimum Gasteiger partial charge on any atom is -0.399 e. The summed E-state index contributed by atoms with van der Waals surface area (Å²) in [5.74, 6) is 0. The highest BCUT2D eigenvalue weighted by Crippen LogP contribution is 2.28. The van der Waals surface area contributed by atoms with Crippen LogP contribution in [0.5, 0.6) is 0 Å². The van der Waals surface area contributed by atoms with Crippen molar-refractivity contribution >= 4 is 26.6 Å². The molecule has 1 aromatic carbocycles. The third kappa shape index (κ3) is 2.10. The van der Waals surface area contributed by atoms with Crippen LogP contribution in [0.25, 0.3) is 10.9 Å². The lowest BCUT2D eigenvalue weighted by atomic mass is 10.2. The Kier molecular flexibility index (Phi) is 3.07. The quantitative estimate of drug-likeness (QED) is 0.657. The van der Waals surface area contributed by atoms with E-state index >= 15 is 0 Å². The molecule has 20 heavy (non-hydrogen) atoms. The number of nitrogens with two attached hydrogens (primary N) is 1. The van der Waals surface area contributed by atoms with Crippen molar-refractivity contribution in [2.45, 2.75) is 18.2 Å². The van der Waals surface area contributed by atoms with Gasteiger partial charge in [-0.1, -0.05) is 11.6 Å². The number of nitrogen functional groups attached to an aromatic ring is 1. The van der Waals surface area contributed by atoms with Gasteiger partial charge in [-0.2, -0.15) is 4.31 Å². The fourth-order valence-electron chi connectivity index (χ4n) is 2.55. The topological polar surface area (TPSA) is 79.2 Å². The Bertz CT molecular complexity index is 790. The molecule has 2 aromatic rings. The van der Waals surface area contributed by atoms with Crippen molar-refractivity contribution in [1.29, 1.82) is 0 Å². The zero-order valence-electron chi connectivity index (χ0n) is 11.3. The Morgan fingerprint density at radius 2 is 2.15 bits per heavy atom. The molecule has 0 radical (unpaired) electrons. The molecule has 1 aliphatic rings. The SMILES string of the molecule is CC1=CCCN(S(=O)(=O)c2c[nH]c3cc(N)ccc23)C1. The summed E-state index contributed by atoms with van der Waals surface area (Å²) in [7, 11) is -3.47. The summed E-state index contributed by atoms with van der Waals surface area (Å²) in [5, 5.41) is 0.686. The first-order chi connectivity index (χ1) is 9.48. The lowest BCUT2D eigenvalue weighted by Gasteiger charge is -2.25. The highest BCUT2D eigenvalue weighted by Gasteiger charge is 2.28.